The van der Waals surface area contributed by atoms with E-state index in [9.17, 15) is 20.0 Å². The number of benzene rings is 2. The summed E-state index contributed by atoms with van der Waals surface area (Å²) in [5, 5.41) is 19.9. The Morgan fingerprint density at radius 3 is 2.20 bits per heavy atom. The fourth-order valence-electron chi connectivity index (χ4n) is 1.67. The molecule has 0 aliphatic carbocycles. The van der Waals surface area contributed by atoms with Gasteiger partial charge in [-0.15, -0.1) is 0 Å². The first-order valence-electron chi connectivity index (χ1n) is 5.77. The Kier molecular flexibility index (Phi) is 4.50. The van der Waals surface area contributed by atoms with Crippen molar-refractivity contribution < 1.29 is 14.8 Å². The molecular weight excluding hydrogens is 325 g/mol. The third-order valence-electron chi connectivity index (χ3n) is 2.63. The number of hydrogen-bond donors (Lipinski definition) is 1. The van der Waals surface area contributed by atoms with Crippen molar-refractivity contribution in [3.63, 3.8) is 0 Å². The quantitative estimate of drug-likeness (QED) is 0.512. The molecule has 1 atom stereocenters. The van der Waals surface area contributed by atoms with Gasteiger partial charge in [-0.2, -0.15) is 0 Å². The molecule has 0 saturated heterocycles. The second-order valence-electron chi connectivity index (χ2n) is 4.00. The molecule has 0 heterocycles. The first-order chi connectivity index (χ1) is 9.58. The molecule has 102 valence electrons. The van der Waals surface area contributed by atoms with Crippen molar-refractivity contribution in [1.82, 2.24) is 0 Å². The molecule has 0 bridgehead atoms. The molecule has 6 heteroatoms. The Morgan fingerprint density at radius 1 is 1.10 bits per heavy atom. The molecule has 20 heavy (non-hydrogen) atoms. The van der Waals surface area contributed by atoms with Crippen LogP contribution in [0.4, 0.5) is 5.69 Å². The zero-order valence-corrected chi connectivity index (χ0v) is 12.0. The zero-order chi connectivity index (χ0) is 14.5. The number of non-ortho nitro benzene ring substituents is 1. The molecule has 0 aliphatic heterocycles. The van der Waals surface area contributed by atoms with Crippen LogP contribution in [0.3, 0.4) is 0 Å². The monoisotopic (exact) mass is 337 g/mol. The number of aliphatic carboxylic acids is 1. The average molecular weight is 336 g/mol. The molecule has 0 saturated carbocycles. The molecule has 0 spiro atoms. The van der Waals surface area contributed by atoms with E-state index in [1.165, 1.54) is 24.3 Å². The Bertz CT molecular complexity index is 613. The molecule has 0 amide bonds. The van der Waals surface area contributed by atoms with Gasteiger partial charge < -0.3 is 0 Å². The van der Waals surface area contributed by atoms with Crippen molar-refractivity contribution in [1.29, 1.82) is 0 Å². The maximum atomic E-state index is 11.4. The molecule has 0 aliphatic rings. The van der Waals surface area contributed by atoms with Crippen LogP contribution in [0.5, 0.6) is 0 Å². The van der Waals surface area contributed by atoms with Gasteiger partial charge in [0.1, 0.15) is 0 Å². The number of nitro groups is 1. The van der Waals surface area contributed by atoms with Crippen molar-refractivity contribution in [3.8, 4) is 0 Å². The molecule has 0 fully saturated rings. The van der Waals surface area contributed by atoms with Gasteiger partial charge >= 0.3 is 121 Å². The van der Waals surface area contributed by atoms with Crippen LogP contribution in [0.2, 0.25) is 0 Å². The fourth-order valence-corrected chi connectivity index (χ4v) is 3.72. The van der Waals surface area contributed by atoms with E-state index in [4.69, 9.17) is 0 Å². The van der Waals surface area contributed by atoms with E-state index >= 15 is 0 Å². The molecule has 2 aromatic carbocycles. The number of carboxylic acids is 1. The predicted octanol–water partition coefficient (Wildman–Crippen LogP) is 1.75. The van der Waals surface area contributed by atoms with Gasteiger partial charge in [-0.3, -0.25) is 0 Å². The normalized spacial score (nSPS) is 11.8. The van der Waals surface area contributed by atoms with E-state index in [-0.39, 0.29) is 20.6 Å². The van der Waals surface area contributed by atoms with Crippen LogP contribution in [0.25, 0.3) is 0 Å². The number of nitrogens with zero attached hydrogens (tertiary/aromatic N) is 1. The SMILES string of the molecule is O=C(O)C([Se]c1ccccc1)c1ccc([N+](=O)[O-])cc1. The minimum absolute atomic E-state index is 0.0369. The van der Waals surface area contributed by atoms with Gasteiger partial charge in [0.15, 0.2) is 0 Å². The van der Waals surface area contributed by atoms with Gasteiger partial charge in [-0.1, -0.05) is 0 Å². The van der Waals surface area contributed by atoms with E-state index < -0.39 is 15.7 Å². The second kappa shape index (κ2) is 6.32. The number of carboxylic acid groups (broad SMARTS) is 1. The van der Waals surface area contributed by atoms with E-state index in [1.807, 2.05) is 30.3 Å². The van der Waals surface area contributed by atoms with Crippen LogP contribution in [0, 0.1) is 10.1 Å². The summed E-state index contributed by atoms with van der Waals surface area (Å²) in [5.74, 6) is -0.914. The summed E-state index contributed by atoms with van der Waals surface area (Å²) in [4.78, 5) is 20.9. The topological polar surface area (TPSA) is 80.4 Å². The average Bonchev–Trinajstić information content (AvgIpc) is 2.45. The fraction of sp³-hybridized carbons (Fsp3) is 0.0714. The summed E-state index contributed by atoms with van der Waals surface area (Å²) in [6.45, 7) is 0. The predicted molar refractivity (Wildman–Crippen MR) is 75.3 cm³/mol. The number of carbonyl (C=O) groups is 1. The molecule has 1 unspecified atom stereocenters. The molecule has 2 rings (SSSR count). The van der Waals surface area contributed by atoms with Gasteiger partial charge in [0, 0.05) is 0 Å². The zero-order valence-electron chi connectivity index (χ0n) is 10.3. The molecule has 2 aromatic rings. The molecular formula is C14H11NO4Se. The van der Waals surface area contributed by atoms with E-state index in [2.05, 4.69) is 0 Å². The first-order valence-corrected chi connectivity index (χ1v) is 7.61. The second-order valence-corrected chi connectivity index (χ2v) is 6.47. The van der Waals surface area contributed by atoms with E-state index in [0.29, 0.717) is 5.56 Å². The Balaban J connectivity index is 2.25. The van der Waals surface area contributed by atoms with E-state index in [0.717, 1.165) is 4.46 Å². The number of nitro benzene ring substituents is 1. The van der Waals surface area contributed by atoms with E-state index in [1.54, 1.807) is 0 Å². The van der Waals surface area contributed by atoms with Crippen LogP contribution >= 0.6 is 0 Å². The van der Waals surface area contributed by atoms with Crippen LogP contribution < -0.4 is 4.46 Å². The minimum atomic E-state index is -0.914. The van der Waals surface area contributed by atoms with Crippen LogP contribution in [0.15, 0.2) is 54.6 Å². The summed E-state index contributed by atoms with van der Waals surface area (Å²) >= 11 is -0.275. The van der Waals surface area contributed by atoms with Crippen LogP contribution in [0.1, 0.15) is 10.4 Å². The van der Waals surface area contributed by atoms with Crippen LogP contribution in [-0.4, -0.2) is 31.0 Å². The van der Waals surface area contributed by atoms with Gasteiger partial charge in [0.05, 0.1) is 0 Å². The Morgan fingerprint density at radius 2 is 1.70 bits per heavy atom. The van der Waals surface area contributed by atoms with Crippen molar-refractivity contribution in [2.24, 2.45) is 0 Å². The summed E-state index contributed by atoms with van der Waals surface area (Å²) in [7, 11) is 0. The molecule has 1 N–H and O–H groups in total. The van der Waals surface area contributed by atoms with Crippen molar-refractivity contribution >= 4 is 31.1 Å². The first kappa shape index (κ1) is 14.2. The summed E-state index contributed by atoms with van der Waals surface area (Å²) < 4.78 is 0.978. The third-order valence-corrected chi connectivity index (χ3v) is 5.26. The number of hydrogen-bond acceptors (Lipinski definition) is 3. The van der Waals surface area contributed by atoms with Crippen molar-refractivity contribution in [2.75, 3.05) is 0 Å². The van der Waals surface area contributed by atoms with Crippen molar-refractivity contribution in [2.45, 2.75) is 4.82 Å². The maximum absolute atomic E-state index is 11.4. The third kappa shape index (κ3) is 3.44. The molecule has 0 aromatic heterocycles. The van der Waals surface area contributed by atoms with Gasteiger partial charge in [0.25, 0.3) is 0 Å². The van der Waals surface area contributed by atoms with Crippen LogP contribution in [-0.2, 0) is 4.79 Å². The Labute approximate surface area is 121 Å². The number of rotatable bonds is 5. The molecule has 5 nitrogen and oxygen atoms in total. The Hall–Kier alpha value is -2.17. The van der Waals surface area contributed by atoms with Crippen molar-refractivity contribution in [3.05, 3.63) is 70.3 Å². The summed E-state index contributed by atoms with van der Waals surface area (Å²) in [6.07, 6.45) is 0. The standard InChI is InChI=1S/C14H11NO4Se/c16-14(17)13(20-12-4-2-1-3-5-12)10-6-8-11(9-7-10)15(18)19/h1-9,13H,(H,16,17). The summed E-state index contributed by atoms with van der Waals surface area (Å²) in [5.41, 5.74) is 0.553. The van der Waals surface area contributed by atoms with Gasteiger partial charge in [-0.25, -0.2) is 0 Å². The van der Waals surface area contributed by atoms with Gasteiger partial charge in [-0.05, 0) is 0 Å². The summed E-state index contributed by atoms with van der Waals surface area (Å²) in [6, 6.07) is 15.1. The van der Waals surface area contributed by atoms with Gasteiger partial charge in [0.2, 0.25) is 0 Å². The molecule has 0 radical (unpaired) electrons.